The molecule has 92 valence electrons. The van der Waals surface area contributed by atoms with Gasteiger partial charge in [0.2, 0.25) is 5.13 Å². The summed E-state index contributed by atoms with van der Waals surface area (Å²) in [6.45, 7) is 7.24. The molecule has 5 nitrogen and oxygen atoms in total. The van der Waals surface area contributed by atoms with Crippen LogP contribution in [0, 0.1) is 0 Å². The molecule has 0 unspecified atom stereocenters. The number of hydrogen-bond acceptors (Lipinski definition) is 5. The van der Waals surface area contributed by atoms with Gasteiger partial charge in [-0.25, -0.2) is 0 Å². The third-order valence-corrected chi connectivity index (χ3v) is 3.05. The zero-order valence-electron chi connectivity index (χ0n) is 10.6. The molecule has 0 aromatic carbocycles. The predicted octanol–water partition coefficient (Wildman–Crippen LogP) is 2.18. The molecule has 0 spiro atoms. The van der Waals surface area contributed by atoms with Crippen molar-refractivity contribution in [3.05, 3.63) is 23.0 Å². The van der Waals surface area contributed by atoms with Gasteiger partial charge in [0.25, 0.3) is 0 Å². The van der Waals surface area contributed by atoms with E-state index in [4.69, 9.17) is 0 Å². The zero-order valence-corrected chi connectivity index (χ0v) is 11.4. The van der Waals surface area contributed by atoms with E-state index in [1.165, 1.54) is 16.9 Å². The molecule has 2 aromatic rings. The number of nitrogens with one attached hydrogen (secondary N) is 1. The predicted molar refractivity (Wildman–Crippen MR) is 69.1 cm³/mol. The molecular formula is C11H17N5S. The minimum absolute atomic E-state index is 0.0550. The van der Waals surface area contributed by atoms with Crippen LogP contribution in [0.5, 0.6) is 0 Å². The van der Waals surface area contributed by atoms with Crippen molar-refractivity contribution >= 4 is 16.5 Å². The highest BCUT2D eigenvalue weighted by Crippen LogP contribution is 2.24. The maximum atomic E-state index is 4.53. The Morgan fingerprint density at radius 1 is 1.41 bits per heavy atom. The molecule has 17 heavy (non-hydrogen) atoms. The summed E-state index contributed by atoms with van der Waals surface area (Å²) in [6.07, 6.45) is 2.05. The number of nitrogens with zero attached hydrogens (tertiary/aromatic N) is 4. The van der Waals surface area contributed by atoms with Gasteiger partial charge >= 0.3 is 0 Å². The zero-order chi connectivity index (χ0) is 12.5. The maximum absolute atomic E-state index is 4.53. The molecule has 2 aromatic heterocycles. The highest BCUT2D eigenvalue weighted by molar-refractivity contribution is 7.13. The van der Waals surface area contributed by atoms with E-state index in [9.17, 15) is 0 Å². The van der Waals surface area contributed by atoms with E-state index in [0.717, 1.165) is 17.4 Å². The van der Waals surface area contributed by atoms with E-state index < -0.39 is 0 Å². The van der Waals surface area contributed by atoms with Crippen LogP contribution in [0.2, 0.25) is 0 Å². The van der Waals surface area contributed by atoms with Gasteiger partial charge in [0.05, 0.1) is 5.69 Å². The smallest absolute Gasteiger partial charge is 0.205 e. The fourth-order valence-electron chi connectivity index (χ4n) is 1.72. The Balaban J connectivity index is 2.15. The monoisotopic (exact) mass is 251 g/mol. The fraction of sp³-hybridized carbons (Fsp3) is 0.545. The number of anilines is 1. The summed E-state index contributed by atoms with van der Waals surface area (Å²) in [5.74, 6) is 0. The topological polar surface area (TPSA) is 55.6 Å². The molecule has 0 amide bonds. The third-order valence-electron chi connectivity index (χ3n) is 2.41. The second kappa shape index (κ2) is 4.44. The lowest BCUT2D eigenvalue weighted by molar-refractivity contribution is 0.549. The van der Waals surface area contributed by atoms with Crippen LogP contribution >= 0.6 is 11.3 Å². The molecule has 0 aliphatic heterocycles. The number of rotatable bonds is 3. The van der Waals surface area contributed by atoms with Crippen LogP contribution in [-0.4, -0.2) is 20.0 Å². The Kier molecular flexibility index (Phi) is 3.15. The summed E-state index contributed by atoms with van der Waals surface area (Å²) in [7, 11) is 1.95. The normalized spacial score (nSPS) is 11.8. The molecule has 0 saturated carbocycles. The Morgan fingerprint density at radius 2 is 2.18 bits per heavy atom. The Labute approximate surface area is 105 Å². The van der Waals surface area contributed by atoms with Gasteiger partial charge < -0.3 is 5.32 Å². The van der Waals surface area contributed by atoms with Crippen molar-refractivity contribution in [2.45, 2.75) is 32.7 Å². The standard InChI is InChI=1S/C11H17N5S/c1-11(2,3)9-8(6-16(4)15-9)5-12-10-14-13-7-17-10/h6-7H,5H2,1-4H3,(H,12,14). The van der Waals surface area contributed by atoms with Crippen LogP contribution in [-0.2, 0) is 19.0 Å². The van der Waals surface area contributed by atoms with E-state index in [2.05, 4.69) is 47.6 Å². The highest BCUT2D eigenvalue weighted by atomic mass is 32.1. The lowest BCUT2D eigenvalue weighted by atomic mass is 9.89. The number of aromatic nitrogens is 4. The van der Waals surface area contributed by atoms with Crippen molar-refractivity contribution in [1.82, 2.24) is 20.0 Å². The molecule has 2 rings (SSSR count). The van der Waals surface area contributed by atoms with Crippen molar-refractivity contribution < 1.29 is 0 Å². The van der Waals surface area contributed by atoms with Crippen molar-refractivity contribution in [2.75, 3.05) is 5.32 Å². The third kappa shape index (κ3) is 2.82. The first kappa shape index (κ1) is 12.0. The van der Waals surface area contributed by atoms with Crippen LogP contribution in [0.4, 0.5) is 5.13 Å². The SMILES string of the molecule is Cn1cc(CNc2nncs2)c(C(C)(C)C)n1. The van der Waals surface area contributed by atoms with Crippen molar-refractivity contribution in [1.29, 1.82) is 0 Å². The van der Waals surface area contributed by atoms with Crippen molar-refractivity contribution in [3.8, 4) is 0 Å². The van der Waals surface area contributed by atoms with Gasteiger partial charge in [0, 0.05) is 30.8 Å². The Hall–Kier alpha value is -1.43. The van der Waals surface area contributed by atoms with Crippen LogP contribution in [0.3, 0.4) is 0 Å². The summed E-state index contributed by atoms with van der Waals surface area (Å²) < 4.78 is 1.86. The molecule has 6 heteroatoms. The lowest BCUT2D eigenvalue weighted by Gasteiger charge is -2.17. The van der Waals surface area contributed by atoms with Gasteiger partial charge in [0.1, 0.15) is 5.51 Å². The quantitative estimate of drug-likeness (QED) is 0.908. The molecule has 0 aliphatic rings. The summed E-state index contributed by atoms with van der Waals surface area (Å²) in [6, 6.07) is 0. The minimum Gasteiger partial charge on any atom is -0.356 e. The van der Waals surface area contributed by atoms with Gasteiger partial charge in [-0.1, -0.05) is 32.1 Å². The summed E-state index contributed by atoms with van der Waals surface area (Å²) in [5.41, 5.74) is 4.10. The van der Waals surface area contributed by atoms with Gasteiger partial charge in [0.15, 0.2) is 0 Å². The molecule has 0 atom stereocenters. The van der Waals surface area contributed by atoms with Crippen LogP contribution in [0.1, 0.15) is 32.0 Å². The molecule has 0 aliphatic carbocycles. The first-order chi connectivity index (χ1) is 7.97. The van der Waals surface area contributed by atoms with E-state index in [1.807, 2.05) is 11.7 Å². The maximum Gasteiger partial charge on any atom is 0.205 e. The van der Waals surface area contributed by atoms with Crippen molar-refractivity contribution in [2.24, 2.45) is 7.05 Å². The van der Waals surface area contributed by atoms with Gasteiger partial charge in [-0.2, -0.15) is 5.10 Å². The Bertz CT molecular complexity index is 480. The fourth-order valence-corrected chi connectivity index (χ4v) is 2.16. The van der Waals surface area contributed by atoms with Gasteiger partial charge in [-0.3, -0.25) is 4.68 Å². The van der Waals surface area contributed by atoms with Crippen LogP contribution in [0.25, 0.3) is 0 Å². The molecule has 2 heterocycles. The van der Waals surface area contributed by atoms with E-state index in [0.29, 0.717) is 0 Å². The molecule has 0 bridgehead atoms. The first-order valence-corrected chi connectivity index (χ1v) is 6.38. The van der Waals surface area contributed by atoms with E-state index in [1.54, 1.807) is 5.51 Å². The average Bonchev–Trinajstić information content (AvgIpc) is 2.82. The molecule has 0 saturated heterocycles. The second-order valence-corrected chi connectivity index (χ2v) is 5.86. The molecule has 0 fully saturated rings. The summed E-state index contributed by atoms with van der Waals surface area (Å²) in [4.78, 5) is 0. The summed E-state index contributed by atoms with van der Waals surface area (Å²) in [5, 5.41) is 16.4. The average molecular weight is 251 g/mol. The molecule has 0 radical (unpaired) electrons. The molecular weight excluding hydrogens is 234 g/mol. The van der Waals surface area contributed by atoms with Crippen molar-refractivity contribution in [3.63, 3.8) is 0 Å². The molecule has 1 N–H and O–H groups in total. The Morgan fingerprint density at radius 3 is 2.76 bits per heavy atom. The van der Waals surface area contributed by atoms with Crippen LogP contribution in [0.15, 0.2) is 11.7 Å². The van der Waals surface area contributed by atoms with E-state index >= 15 is 0 Å². The second-order valence-electron chi connectivity index (χ2n) is 5.02. The minimum atomic E-state index is 0.0550. The van der Waals surface area contributed by atoms with Crippen LogP contribution < -0.4 is 5.32 Å². The van der Waals surface area contributed by atoms with E-state index in [-0.39, 0.29) is 5.41 Å². The summed E-state index contributed by atoms with van der Waals surface area (Å²) >= 11 is 1.50. The van der Waals surface area contributed by atoms with Gasteiger partial charge in [-0.05, 0) is 0 Å². The first-order valence-electron chi connectivity index (χ1n) is 5.50. The van der Waals surface area contributed by atoms with Gasteiger partial charge in [-0.15, -0.1) is 10.2 Å². The lowest BCUT2D eigenvalue weighted by Crippen LogP contribution is -2.16. The number of aryl methyl sites for hydroxylation is 1. The number of hydrogen-bond donors (Lipinski definition) is 1. The highest BCUT2D eigenvalue weighted by Gasteiger charge is 2.21. The largest absolute Gasteiger partial charge is 0.356 e.